The number of halogens is 8. The summed E-state index contributed by atoms with van der Waals surface area (Å²) in [5.74, 6) is -4.53. The molecular formula is C20H11Cl3F5N3OS. The van der Waals surface area contributed by atoms with Crippen LogP contribution in [0.5, 0.6) is 0 Å². The maximum absolute atomic E-state index is 14.6. The first-order valence-corrected chi connectivity index (χ1v) is 10.8. The lowest BCUT2D eigenvalue weighted by Gasteiger charge is -2.19. The van der Waals surface area contributed by atoms with Gasteiger partial charge in [0.2, 0.25) is 0 Å². The molecular weight excluding hydrogens is 532 g/mol. The fourth-order valence-corrected chi connectivity index (χ4v) is 4.20. The molecule has 0 aliphatic heterocycles. The Hall–Kier alpha value is -2.14. The fourth-order valence-electron chi connectivity index (χ4n) is 2.61. The van der Waals surface area contributed by atoms with E-state index in [1.165, 1.54) is 18.2 Å². The van der Waals surface area contributed by atoms with Gasteiger partial charge in [-0.2, -0.15) is 22.0 Å². The molecule has 0 atom stereocenters. The highest BCUT2D eigenvalue weighted by Gasteiger charge is 2.35. The summed E-state index contributed by atoms with van der Waals surface area (Å²) in [5.41, 5.74) is -1.69. The van der Waals surface area contributed by atoms with Crippen LogP contribution in [0.3, 0.4) is 0 Å². The molecule has 1 aromatic heterocycles. The highest BCUT2D eigenvalue weighted by molar-refractivity contribution is 7.99. The van der Waals surface area contributed by atoms with E-state index in [9.17, 15) is 26.7 Å². The van der Waals surface area contributed by atoms with Crippen molar-refractivity contribution >= 4 is 52.5 Å². The van der Waals surface area contributed by atoms with Gasteiger partial charge in [0.15, 0.2) is 5.15 Å². The monoisotopic (exact) mass is 541 g/mol. The van der Waals surface area contributed by atoms with Gasteiger partial charge in [0, 0.05) is 15.5 Å². The van der Waals surface area contributed by atoms with E-state index in [0.29, 0.717) is 11.8 Å². The normalized spacial score (nSPS) is 12.0. The molecule has 0 unspecified atom stereocenters. The number of benzene rings is 2. The van der Waals surface area contributed by atoms with Crippen molar-refractivity contribution in [2.24, 2.45) is 0 Å². The van der Waals surface area contributed by atoms with E-state index in [2.05, 4.69) is 15.5 Å². The molecule has 1 heterocycles. The standard InChI is InChI=1S/C20H11Cl3F5N3OS/c21-11-4-5-14(15(22)7-11)19(24,25)9-29-17(32)13-8-16(23)30-31-18(13)33-12-3-1-2-10(6-12)20(26,27)28/h1-8H,9H2,(H,29,32). The minimum Gasteiger partial charge on any atom is -0.346 e. The maximum Gasteiger partial charge on any atom is 0.416 e. The van der Waals surface area contributed by atoms with Crippen molar-refractivity contribution < 1.29 is 26.7 Å². The number of alkyl halides is 5. The minimum atomic E-state index is -4.57. The molecule has 3 rings (SSSR count). The molecule has 1 amide bonds. The van der Waals surface area contributed by atoms with Crippen molar-refractivity contribution in [3.63, 3.8) is 0 Å². The lowest BCUT2D eigenvalue weighted by atomic mass is 10.1. The quantitative estimate of drug-likeness (QED) is 0.337. The predicted octanol–water partition coefficient (Wildman–Crippen LogP) is 7.13. The van der Waals surface area contributed by atoms with Gasteiger partial charge in [0.1, 0.15) is 5.03 Å². The average molecular weight is 543 g/mol. The number of nitrogens with zero attached hydrogens (tertiary/aromatic N) is 2. The molecule has 2 aromatic carbocycles. The number of amides is 1. The molecule has 0 fully saturated rings. The van der Waals surface area contributed by atoms with Gasteiger partial charge in [-0.1, -0.05) is 52.6 Å². The molecule has 0 bridgehead atoms. The van der Waals surface area contributed by atoms with E-state index in [-0.39, 0.29) is 30.7 Å². The van der Waals surface area contributed by atoms with Crippen LogP contribution in [0.25, 0.3) is 0 Å². The molecule has 1 N–H and O–H groups in total. The van der Waals surface area contributed by atoms with Crippen molar-refractivity contribution in [3.05, 3.63) is 80.4 Å². The zero-order valence-corrected chi connectivity index (χ0v) is 19.1. The van der Waals surface area contributed by atoms with Gasteiger partial charge in [-0.15, -0.1) is 10.2 Å². The predicted molar refractivity (Wildman–Crippen MR) is 115 cm³/mol. The van der Waals surface area contributed by atoms with Crippen LogP contribution in [-0.2, 0) is 12.1 Å². The third-order valence-electron chi connectivity index (χ3n) is 4.15. The number of hydrogen-bond donors (Lipinski definition) is 1. The SMILES string of the molecule is O=C(NCC(F)(F)c1ccc(Cl)cc1Cl)c1cc(Cl)nnc1Sc1cccc(C(F)(F)F)c1. The van der Waals surface area contributed by atoms with Crippen LogP contribution in [0.15, 0.2) is 58.5 Å². The summed E-state index contributed by atoms with van der Waals surface area (Å²) in [5, 5.41) is 8.93. The van der Waals surface area contributed by atoms with Crippen molar-refractivity contribution in [1.82, 2.24) is 15.5 Å². The summed E-state index contributed by atoms with van der Waals surface area (Å²) in [6, 6.07) is 8.79. The summed E-state index contributed by atoms with van der Waals surface area (Å²) >= 11 is 18.0. The van der Waals surface area contributed by atoms with Crippen molar-refractivity contribution in [3.8, 4) is 0 Å². The van der Waals surface area contributed by atoms with Crippen molar-refractivity contribution in [2.75, 3.05) is 6.54 Å². The van der Waals surface area contributed by atoms with Crippen LogP contribution >= 0.6 is 46.6 Å². The first kappa shape index (κ1) is 25.5. The lowest BCUT2D eigenvalue weighted by Crippen LogP contribution is -2.35. The van der Waals surface area contributed by atoms with Gasteiger partial charge in [-0.25, -0.2) is 0 Å². The maximum atomic E-state index is 14.6. The second-order valence-corrected chi connectivity index (χ2v) is 8.82. The van der Waals surface area contributed by atoms with Crippen LogP contribution in [0.4, 0.5) is 22.0 Å². The number of nitrogens with one attached hydrogen (secondary N) is 1. The zero-order chi connectivity index (χ0) is 24.4. The highest BCUT2D eigenvalue weighted by atomic mass is 35.5. The highest BCUT2D eigenvalue weighted by Crippen LogP contribution is 2.36. The van der Waals surface area contributed by atoms with Gasteiger partial charge in [0.05, 0.1) is 22.7 Å². The number of hydrogen-bond acceptors (Lipinski definition) is 4. The molecule has 4 nitrogen and oxygen atoms in total. The summed E-state index contributed by atoms with van der Waals surface area (Å²) in [7, 11) is 0. The van der Waals surface area contributed by atoms with Gasteiger partial charge in [0.25, 0.3) is 11.8 Å². The van der Waals surface area contributed by atoms with Crippen LogP contribution in [-0.4, -0.2) is 22.6 Å². The first-order chi connectivity index (χ1) is 15.4. The molecule has 0 aliphatic rings. The number of rotatable bonds is 6. The Kier molecular flexibility index (Phi) is 7.73. The van der Waals surface area contributed by atoms with Crippen LogP contribution in [0.2, 0.25) is 15.2 Å². The summed E-state index contributed by atoms with van der Waals surface area (Å²) < 4.78 is 68.1. The van der Waals surface area contributed by atoms with E-state index in [1.807, 2.05) is 0 Å². The summed E-state index contributed by atoms with van der Waals surface area (Å²) in [6.07, 6.45) is -4.57. The van der Waals surface area contributed by atoms with Crippen LogP contribution in [0, 0.1) is 0 Å². The van der Waals surface area contributed by atoms with Crippen LogP contribution in [0.1, 0.15) is 21.5 Å². The smallest absolute Gasteiger partial charge is 0.346 e. The van der Waals surface area contributed by atoms with E-state index in [0.717, 1.165) is 30.3 Å². The Morgan fingerprint density at radius 3 is 2.36 bits per heavy atom. The Morgan fingerprint density at radius 2 is 1.70 bits per heavy atom. The zero-order valence-electron chi connectivity index (χ0n) is 16.1. The molecule has 3 aromatic rings. The molecule has 13 heteroatoms. The number of carbonyl (C=O) groups is 1. The molecule has 0 radical (unpaired) electrons. The van der Waals surface area contributed by atoms with Gasteiger partial charge in [-0.3, -0.25) is 4.79 Å². The Bertz CT molecular complexity index is 1190. The Balaban J connectivity index is 1.82. The summed E-state index contributed by atoms with van der Waals surface area (Å²) in [4.78, 5) is 12.7. The largest absolute Gasteiger partial charge is 0.416 e. The van der Waals surface area contributed by atoms with E-state index in [4.69, 9.17) is 34.8 Å². The van der Waals surface area contributed by atoms with Gasteiger partial charge < -0.3 is 5.32 Å². The van der Waals surface area contributed by atoms with Crippen molar-refractivity contribution in [2.45, 2.75) is 22.0 Å². The molecule has 174 valence electrons. The lowest BCUT2D eigenvalue weighted by molar-refractivity contribution is -0.137. The summed E-state index contributed by atoms with van der Waals surface area (Å²) in [6.45, 7) is -1.12. The third-order valence-corrected chi connectivity index (χ3v) is 5.86. The average Bonchev–Trinajstić information content (AvgIpc) is 2.72. The topological polar surface area (TPSA) is 54.9 Å². The third kappa shape index (κ3) is 6.47. The molecule has 0 saturated heterocycles. The first-order valence-electron chi connectivity index (χ1n) is 8.87. The van der Waals surface area contributed by atoms with Crippen LogP contribution < -0.4 is 5.32 Å². The molecule has 0 saturated carbocycles. The van der Waals surface area contributed by atoms with E-state index >= 15 is 0 Å². The van der Waals surface area contributed by atoms with E-state index < -0.39 is 35.7 Å². The van der Waals surface area contributed by atoms with Gasteiger partial charge in [-0.05, 0) is 42.5 Å². The van der Waals surface area contributed by atoms with E-state index in [1.54, 1.807) is 0 Å². The second kappa shape index (κ2) is 10.0. The minimum absolute atomic E-state index is 0.105. The Labute approximate surface area is 203 Å². The number of carbonyl (C=O) groups excluding carboxylic acids is 1. The molecule has 0 aliphatic carbocycles. The molecule has 0 spiro atoms. The number of aromatic nitrogens is 2. The molecule has 33 heavy (non-hydrogen) atoms. The second-order valence-electron chi connectivity index (χ2n) is 6.52. The Morgan fingerprint density at radius 1 is 0.970 bits per heavy atom. The fraction of sp³-hybridized carbons (Fsp3) is 0.150. The van der Waals surface area contributed by atoms with Crippen molar-refractivity contribution in [1.29, 1.82) is 0 Å². The van der Waals surface area contributed by atoms with Gasteiger partial charge >= 0.3 is 6.18 Å².